The van der Waals surface area contributed by atoms with E-state index in [9.17, 15) is 9.90 Å². The first-order chi connectivity index (χ1) is 9.06. The van der Waals surface area contributed by atoms with Gasteiger partial charge in [-0.15, -0.1) is 0 Å². The van der Waals surface area contributed by atoms with Crippen LogP contribution in [0.3, 0.4) is 0 Å². The van der Waals surface area contributed by atoms with Gasteiger partial charge >= 0.3 is 5.97 Å². The Morgan fingerprint density at radius 1 is 1.16 bits per heavy atom. The van der Waals surface area contributed by atoms with Crippen LogP contribution in [-0.4, -0.2) is 17.7 Å². The second kappa shape index (κ2) is 5.57. The molecule has 2 rings (SSSR count). The Morgan fingerprint density at radius 2 is 1.84 bits per heavy atom. The molecular formula is C16H16O3. The van der Waals surface area contributed by atoms with Gasteiger partial charge in [-0.25, -0.2) is 4.79 Å². The number of allylic oxidation sites excluding steroid dienone is 1. The molecule has 2 aromatic carbocycles. The number of esters is 1. The zero-order valence-electron chi connectivity index (χ0n) is 11.0. The molecular weight excluding hydrogens is 240 g/mol. The number of carbonyl (C=O) groups is 1. The maximum absolute atomic E-state index is 11.8. The number of aromatic hydroxyl groups is 1. The third-order valence-corrected chi connectivity index (χ3v) is 2.77. The van der Waals surface area contributed by atoms with Crippen LogP contribution in [0.5, 0.6) is 5.75 Å². The first-order valence-corrected chi connectivity index (χ1v) is 6.09. The second-order valence-electron chi connectivity index (χ2n) is 4.63. The highest BCUT2D eigenvalue weighted by molar-refractivity contribution is 5.95. The molecule has 0 spiro atoms. The standard InChI is InChI=1S/C16H16O3/c1-11(2)7-8-19-16(18)14-4-3-13-10-15(17)6-5-12(13)9-14/h3-7,9-10,17H,8H2,1-2H3. The molecule has 0 heterocycles. The van der Waals surface area contributed by atoms with Crippen molar-refractivity contribution in [3.8, 4) is 5.75 Å². The minimum atomic E-state index is -0.340. The molecule has 0 amide bonds. The fourth-order valence-corrected chi connectivity index (χ4v) is 1.73. The summed E-state index contributed by atoms with van der Waals surface area (Å²) in [7, 11) is 0. The molecule has 0 saturated carbocycles. The lowest BCUT2D eigenvalue weighted by atomic mass is 10.1. The topological polar surface area (TPSA) is 46.5 Å². The summed E-state index contributed by atoms with van der Waals surface area (Å²) in [5, 5.41) is 11.2. The van der Waals surface area contributed by atoms with E-state index < -0.39 is 0 Å². The van der Waals surface area contributed by atoms with Crippen LogP contribution < -0.4 is 0 Å². The van der Waals surface area contributed by atoms with Gasteiger partial charge < -0.3 is 9.84 Å². The molecule has 0 unspecified atom stereocenters. The van der Waals surface area contributed by atoms with E-state index in [0.29, 0.717) is 5.56 Å². The van der Waals surface area contributed by atoms with E-state index in [4.69, 9.17) is 4.74 Å². The first kappa shape index (κ1) is 13.1. The van der Waals surface area contributed by atoms with Crippen molar-refractivity contribution in [2.45, 2.75) is 13.8 Å². The molecule has 0 bridgehead atoms. The summed E-state index contributed by atoms with van der Waals surface area (Å²) in [5.41, 5.74) is 1.63. The SMILES string of the molecule is CC(C)=CCOC(=O)c1ccc2cc(O)ccc2c1. The number of benzene rings is 2. The van der Waals surface area contributed by atoms with Gasteiger partial charge in [0.25, 0.3) is 0 Å². The Balaban J connectivity index is 2.19. The third-order valence-electron chi connectivity index (χ3n) is 2.77. The average Bonchev–Trinajstić information content (AvgIpc) is 2.37. The smallest absolute Gasteiger partial charge is 0.338 e. The molecule has 0 aliphatic carbocycles. The van der Waals surface area contributed by atoms with Crippen molar-refractivity contribution in [1.82, 2.24) is 0 Å². The molecule has 19 heavy (non-hydrogen) atoms. The van der Waals surface area contributed by atoms with Crippen LogP contribution in [0, 0.1) is 0 Å². The van der Waals surface area contributed by atoms with E-state index in [1.54, 1.807) is 36.4 Å². The number of hydrogen-bond acceptors (Lipinski definition) is 3. The number of fused-ring (bicyclic) bond motifs is 1. The van der Waals surface area contributed by atoms with Gasteiger partial charge in [0.2, 0.25) is 0 Å². The lowest BCUT2D eigenvalue weighted by Crippen LogP contribution is -2.05. The molecule has 0 saturated heterocycles. The van der Waals surface area contributed by atoms with E-state index in [0.717, 1.165) is 16.3 Å². The molecule has 0 aromatic heterocycles. The normalized spacial score (nSPS) is 10.2. The van der Waals surface area contributed by atoms with Crippen molar-refractivity contribution in [2.24, 2.45) is 0 Å². The third kappa shape index (κ3) is 3.35. The molecule has 0 fully saturated rings. The molecule has 3 heteroatoms. The average molecular weight is 256 g/mol. The van der Waals surface area contributed by atoms with Gasteiger partial charge in [0.05, 0.1) is 5.56 Å². The van der Waals surface area contributed by atoms with Gasteiger partial charge in [-0.3, -0.25) is 0 Å². The second-order valence-corrected chi connectivity index (χ2v) is 4.63. The van der Waals surface area contributed by atoms with Gasteiger partial charge in [-0.2, -0.15) is 0 Å². The molecule has 0 radical (unpaired) electrons. The van der Waals surface area contributed by atoms with Crippen LogP contribution in [0.15, 0.2) is 48.0 Å². The van der Waals surface area contributed by atoms with Gasteiger partial charge in [-0.05, 0) is 55.0 Å². The van der Waals surface area contributed by atoms with Crippen molar-refractivity contribution in [3.05, 3.63) is 53.6 Å². The number of hydrogen-bond donors (Lipinski definition) is 1. The Bertz CT molecular complexity index is 637. The minimum Gasteiger partial charge on any atom is -0.508 e. The number of ether oxygens (including phenoxy) is 1. The Kier molecular flexibility index (Phi) is 3.85. The monoisotopic (exact) mass is 256 g/mol. The van der Waals surface area contributed by atoms with Crippen LogP contribution in [-0.2, 0) is 4.74 Å². The summed E-state index contributed by atoms with van der Waals surface area (Å²) in [6.07, 6.45) is 1.86. The zero-order valence-corrected chi connectivity index (χ0v) is 11.0. The van der Waals surface area contributed by atoms with Crippen molar-refractivity contribution in [1.29, 1.82) is 0 Å². The molecule has 0 aliphatic rings. The van der Waals surface area contributed by atoms with Gasteiger partial charge in [0, 0.05) is 0 Å². The number of phenolic OH excluding ortho intramolecular Hbond substituents is 1. The summed E-state index contributed by atoms with van der Waals surface area (Å²) in [5.74, 6) is -0.126. The predicted octanol–water partition coefficient (Wildman–Crippen LogP) is 3.67. The van der Waals surface area contributed by atoms with Crippen molar-refractivity contribution < 1.29 is 14.6 Å². The number of phenols is 1. The Labute approximate surface area is 112 Å². The lowest BCUT2D eigenvalue weighted by Gasteiger charge is -2.04. The van der Waals surface area contributed by atoms with Crippen LogP contribution in [0.4, 0.5) is 0 Å². The minimum absolute atomic E-state index is 0.214. The van der Waals surface area contributed by atoms with Crippen molar-refractivity contribution >= 4 is 16.7 Å². The molecule has 1 N–H and O–H groups in total. The molecule has 0 aliphatic heterocycles. The van der Waals surface area contributed by atoms with Gasteiger partial charge in [0.15, 0.2) is 0 Å². The summed E-state index contributed by atoms with van der Waals surface area (Å²) >= 11 is 0. The van der Waals surface area contributed by atoms with Crippen LogP contribution >= 0.6 is 0 Å². The quantitative estimate of drug-likeness (QED) is 0.673. The molecule has 0 atom stereocenters. The summed E-state index contributed by atoms with van der Waals surface area (Å²) in [4.78, 5) is 11.8. The van der Waals surface area contributed by atoms with E-state index in [2.05, 4.69) is 0 Å². The summed E-state index contributed by atoms with van der Waals surface area (Å²) in [6.45, 7) is 4.20. The Morgan fingerprint density at radius 3 is 2.58 bits per heavy atom. The summed E-state index contributed by atoms with van der Waals surface area (Å²) < 4.78 is 5.15. The van der Waals surface area contributed by atoms with Crippen LogP contribution in [0.2, 0.25) is 0 Å². The van der Waals surface area contributed by atoms with E-state index in [1.807, 2.05) is 19.9 Å². The molecule has 98 valence electrons. The van der Waals surface area contributed by atoms with Crippen LogP contribution in [0.25, 0.3) is 10.8 Å². The maximum Gasteiger partial charge on any atom is 0.338 e. The highest BCUT2D eigenvalue weighted by Crippen LogP contribution is 2.21. The van der Waals surface area contributed by atoms with Crippen molar-refractivity contribution in [3.63, 3.8) is 0 Å². The van der Waals surface area contributed by atoms with E-state index in [-0.39, 0.29) is 18.3 Å². The van der Waals surface area contributed by atoms with E-state index in [1.165, 1.54) is 0 Å². The first-order valence-electron chi connectivity index (χ1n) is 6.09. The lowest BCUT2D eigenvalue weighted by molar-refractivity contribution is 0.0549. The highest BCUT2D eigenvalue weighted by atomic mass is 16.5. The zero-order chi connectivity index (χ0) is 13.8. The van der Waals surface area contributed by atoms with Gasteiger partial charge in [0.1, 0.15) is 12.4 Å². The maximum atomic E-state index is 11.8. The van der Waals surface area contributed by atoms with Crippen LogP contribution in [0.1, 0.15) is 24.2 Å². The van der Waals surface area contributed by atoms with Crippen molar-refractivity contribution in [2.75, 3.05) is 6.61 Å². The Hall–Kier alpha value is -2.29. The number of rotatable bonds is 3. The fourth-order valence-electron chi connectivity index (χ4n) is 1.73. The largest absolute Gasteiger partial charge is 0.508 e. The summed E-state index contributed by atoms with van der Waals surface area (Å²) in [6, 6.07) is 10.3. The molecule has 2 aromatic rings. The molecule has 3 nitrogen and oxygen atoms in total. The highest BCUT2D eigenvalue weighted by Gasteiger charge is 2.07. The predicted molar refractivity (Wildman–Crippen MR) is 75.3 cm³/mol. The number of carbonyl (C=O) groups excluding carboxylic acids is 1. The van der Waals surface area contributed by atoms with Gasteiger partial charge in [-0.1, -0.05) is 17.7 Å². The fraction of sp³-hybridized carbons (Fsp3) is 0.188. The van der Waals surface area contributed by atoms with E-state index >= 15 is 0 Å².